The Kier molecular flexibility index (Phi) is 2.74. The first kappa shape index (κ1) is 9.54. The molecule has 1 N–H and O–H groups in total. The number of hydrogen-bond donors (Lipinski definition) is 1. The van der Waals surface area contributed by atoms with Crippen molar-refractivity contribution >= 4 is 28.0 Å². The first-order valence-corrected chi connectivity index (χ1v) is 5.86. The molecule has 0 radical (unpaired) electrons. The van der Waals surface area contributed by atoms with Crippen LogP contribution in [0.4, 0.5) is 5.13 Å². The Hall–Kier alpha value is -1.01. The average molecular weight is 226 g/mol. The average Bonchev–Trinajstić information content (AvgIpc) is 2.75. The largest absolute Gasteiger partial charge is 0.353 e. The van der Waals surface area contributed by atoms with Gasteiger partial charge in [-0.2, -0.15) is 4.37 Å². The molecule has 2 rings (SSSR count). The lowest BCUT2D eigenvalue weighted by atomic mass is 10.2. The fraction of sp³-hybridized carbons (Fsp3) is 0.375. The number of nitrogens with zero attached hydrogens (tertiary/aromatic N) is 3. The van der Waals surface area contributed by atoms with E-state index in [-0.39, 0.29) is 6.04 Å². The number of anilines is 1. The van der Waals surface area contributed by atoms with Gasteiger partial charge in [-0.1, -0.05) is 0 Å². The standard InChI is InChI=1S/C8H10N4S2/c1-5-7(13-4-10-5)6(2)12-8-9-3-11-14-8/h3-4,6H,1-2H3,(H,9,11,12). The summed E-state index contributed by atoms with van der Waals surface area (Å²) in [5.41, 5.74) is 2.95. The summed E-state index contributed by atoms with van der Waals surface area (Å²) >= 11 is 3.03. The van der Waals surface area contributed by atoms with E-state index in [0.29, 0.717) is 0 Å². The van der Waals surface area contributed by atoms with Gasteiger partial charge in [0.1, 0.15) is 6.33 Å². The Morgan fingerprint density at radius 1 is 1.43 bits per heavy atom. The molecule has 0 fully saturated rings. The van der Waals surface area contributed by atoms with Crippen LogP contribution in [0.25, 0.3) is 0 Å². The number of aryl methyl sites for hydroxylation is 1. The van der Waals surface area contributed by atoms with Crippen molar-refractivity contribution < 1.29 is 0 Å². The molecular formula is C8H10N4S2. The lowest BCUT2D eigenvalue weighted by Gasteiger charge is -2.10. The number of nitrogens with one attached hydrogen (secondary N) is 1. The molecule has 2 heterocycles. The smallest absolute Gasteiger partial charge is 0.202 e. The molecule has 0 aliphatic carbocycles. The van der Waals surface area contributed by atoms with Gasteiger partial charge in [0.05, 0.1) is 17.2 Å². The minimum Gasteiger partial charge on any atom is -0.353 e. The van der Waals surface area contributed by atoms with Crippen LogP contribution in [0.1, 0.15) is 23.5 Å². The van der Waals surface area contributed by atoms with Crippen LogP contribution in [0.2, 0.25) is 0 Å². The van der Waals surface area contributed by atoms with E-state index in [1.807, 2.05) is 12.4 Å². The van der Waals surface area contributed by atoms with Gasteiger partial charge in [0.15, 0.2) is 0 Å². The molecule has 0 aliphatic heterocycles. The van der Waals surface area contributed by atoms with Crippen molar-refractivity contribution in [2.45, 2.75) is 19.9 Å². The van der Waals surface area contributed by atoms with Gasteiger partial charge in [-0.25, -0.2) is 9.97 Å². The molecule has 6 heteroatoms. The molecule has 1 unspecified atom stereocenters. The molecule has 0 saturated heterocycles. The summed E-state index contributed by atoms with van der Waals surface area (Å²) in [4.78, 5) is 9.54. The maximum atomic E-state index is 4.21. The summed E-state index contributed by atoms with van der Waals surface area (Å²) in [5, 5.41) is 4.13. The third kappa shape index (κ3) is 1.91. The number of aromatic nitrogens is 3. The first-order chi connectivity index (χ1) is 6.77. The zero-order valence-corrected chi connectivity index (χ0v) is 9.52. The van der Waals surface area contributed by atoms with Crippen molar-refractivity contribution in [3.8, 4) is 0 Å². The van der Waals surface area contributed by atoms with E-state index in [1.54, 1.807) is 17.7 Å². The van der Waals surface area contributed by atoms with Crippen LogP contribution >= 0.6 is 22.9 Å². The van der Waals surface area contributed by atoms with E-state index in [4.69, 9.17) is 0 Å². The summed E-state index contributed by atoms with van der Waals surface area (Å²) in [6.07, 6.45) is 1.55. The fourth-order valence-corrected chi connectivity index (χ4v) is 2.54. The van der Waals surface area contributed by atoms with Crippen molar-refractivity contribution in [1.82, 2.24) is 14.3 Å². The Morgan fingerprint density at radius 3 is 2.86 bits per heavy atom. The van der Waals surface area contributed by atoms with E-state index >= 15 is 0 Å². The van der Waals surface area contributed by atoms with Gasteiger partial charge < -0.3 is 5.32 Å². The maximum Gasteiger partial charge on any atom is 0.202 e. The summed E-state index contributed by atoms with van der Waals surface area (Å²) in [6.45, 7) is 4.12. The van der Waals surface area contributed by atoms with Crippen molar-refractivity contribution in [2.24, 2.45) is 0 Å². The summed E-state index contributed by atoms with van der Waals surface area (Å²) in [5.74, 6) is 0. The summed E-state index contributed by atoms with van der Waals surface area (Å²) < 4.78 is 3.93. The Morgan fingerprint density at radius 2 is 2.29 bits per heavy atom. The zero-order chi connectivity index (χ0) is 9.97. The van der Waals surface area contributed by atoms with Gasteiger partial charge in [-0.15, -0.1) is 11.3 Å². The SMILES string of the molecule is Cc1ncsc1C(C)Nc1ncns1. The fourth-order valence-electron chi connectivity index (χ4n) is 1.21. The second kappa shape index (κ2) is 4.02. The zero-order valence-electron chi connectivity index (χ0n) is 7.89. The van der Waals surface area contributed by atoms with Crippen molar-refractivity contribution in [3.05, 3.63) is 22.4 Å². The third-order valence-corrected chi connectivity index (χ3v) is 3.59. The van der Waals surface area contributed by atoms with Crippen LogP contribution in [-0.4, -0.2) is 14.3 Å². The highest BCUT2D eigenvalue weighted by molar-refractivity contribution is 7.10. The van der Waals surface area contributed by atoms with Gasteiger partial charge in [-0.3, -0.25) is 0 Å². The normalized spacial score (nSPS) is 12.7. The van der Waals surface area contributed by atoms with E-state index in [2.05, 4.69) is 26.6 Å². The van der Waals surface area contributed by atoms with Crippen molar-refractivity contribution in [2.75, 3.05) is 5.32 Å². The lowest BCUT2D eigenvalue weighted by Crippen LogP contribution is -2.05. The molecule has 4 nitrogen and oxygen atoms in total. The predicted molar refractivity (Wildman–Crippen MR) is 58.8 cm³/mol. The second-order valence-electron chi connectivity index (χ2n) is 2.91. The monoisotopic (exact) mass is 226 g/mol. The molecule has 2 aromatic rings. The van der Waals surface area contributed by atoms with E-state index < -0.39 is 0 Å². The third-order valence-electron chi connectivity index (χ3n) is 1.88. The number of hydrogen-bond acceptors (Lipinski definition) is 6. The van der Waals surface area contributed by atoms with Crippen LogP contribution in [0, 0.1) is 6.92 Å². The quantitative estimate of drug-likeness (QED) is 0.873. The molecule has 2 aromatic heterocycles. The Balaban J connectivity index is 2.10. The van der Waals surface area contributed by atoms with E-state index in [9.17, 15) is 0 Å². The minimum atomic E-state index is 0.246. The molecule has 74 valence electrons. The van der Waals surface area contributed by atoms with Gasteiger partial charge in [0.2, 0.25) is 5.13 Å². The highest BCUT2D eigenvalue weighted by Gasteiger charge is 2.11. The topological polar surface area (TPSA) is 50.7 Å². The molecule has 0 spiro atoms. The maximum absolute atomic E-state index is 4.21. The number of thiazole rings is 1. The number of rotatable bonds is 3. The van der Waals surface area contributed by atoms with Gasteiger partial charge in [0.25, 0.3) is 0 Å². The van der Waals surface area contributed by atoms with Crippen molar-refractivity contribution in [1.29, 1.82) is 0 Å². The van der Waals surface area contributed by atoms with Gasteiger partial charge in [-0.05, 0) is 13.8 Å². The first-order valence-electron chi connectivity index (χ1n) is 4.20. The van der Waals surface area contributed by atoms with Crippen LogP contribution < -0.4 is 5.32 Å². The van der Waals surface area contributed by atoms with E-state index in [1.165, 1.54) is 16.4 Å². The van der Waals surface area contributed by atoms with Crippen molar-refractivity contribution in [3.63, 3.8) is 0 Å². The lowest BCUT2D eigenvalue weighted by molar-refractivity contribution is 0.887. The molecule has 0 saturated carbocycles. The van der Waals surface area contributed by atoms with Crippen LogP contribution in [0.15, 0.2) is 11.8 Å². The van der Waals surface area contributed by atoms with Crippen LogP contribution in [-0.2, 0) is 0 Å². The summed E-state index contributed by atoms with van der Waals surface area (Å²) in [6, 6.07) is 0.246. The Labute approximate surface area is 90.2 Å². The molecule has 0 amide bonds. The van der Waals surface area contributed by atoms with Crippen LogP contribution in [0.3, 0.4) is 0 Å². The molecule has 0 aromatic carbocycles. The highest BCUT2D eigenvalue weighted by atomic mass is 32.1. The highest BCUT2D eigenvalue weighted by Crippen LogP contribution is 2.25. The van der Waals surface area contributed by atoms with E-state index in [0.717, 1.165) is 10.8 Å². The molecular weight excluding hydrogens is 216 g/mol. The second-order valence-corrected chi connectivity index (χ2v) is 4.58. The molecule has 0 aliphatic rings. The molecule has 14 heavy (non-hydrogen) atoms. The Bertz CT molecular complexity index is 395. The van der Waals surface area contributed by atoms with Gasteiger partial charge in [0, 0.05) is 16.4 Å². The minimum absolute atomic E-state index is 0.246. The van der Waals surface area contributed by atoms with Crippen LogP contribution in [0.5, 0.6) is 0 Å². The predicted octanol–water partition coefficient (Wildman–Crippen LogP) is 2.48. The molecule has 1 atom stereocenters. The summed E-state index contributed by atoms with van der Waals surface area (Å²) in [7, 11) is 0. The van der Waals surface area contributed by atoms with Gasteiger partial charge >= 0.3 is 0 Å². The molecule has 0 bridgehead atoms.